The van der Waals surface area contributed by atoms with Crippen molar-refractivity contribution >= 4 is 23.1 Å². The standard InChI is InChI=1S/C12H22N2S2/c1-4-6-13-11(9-15-5-2)7-12-14-10(3)8-16-12/h8,11,13H,4-7,9H2,1-3H3. The summed E-state index contributed by atoms with van der Waals surface area (Å²) in [6, 6.07) is 0.579. The highest BCUT2D eigenvalue weighted by atomic mass is 32.2. The van der Waals surface area contributed by atoms with Crippen molar-refractivity contribution in [2.24, 2.45) is 0 Å². The Morgan fingerprint density at radius 1 is 1.50 bits per heavy atom. The second-order valence-corrected chi connectivity index (χ2v) is 6.16. The van der Waals surface area contributed by atoms with Gasteiger partial charge in [0, 0.05) is 29.3 Å². The molecule has 0 radical (unpaired) electrons. The van der Waals surface area contributed by atoms with Gasteiger partial charge in [0.2, 0.25) is 0 Å². The molecule has 0 spiro atoms. The van der Waals surface area contributed by atoms with Crippen LogP contribution in [0.25, 0.3) is 0 Å². The van der Waals surface area contributed by atoms with Gasteiger partial charge < -0.3 is 5.32 Å². The number of rotatable bonds is 8. The smallest absolute Gasteiger partial charge is 0.0943 e. The van der Waals surface area contributed by atoms with E-state index >= 15 is 0 Å². The molecule has 0 aromatic carbocycles. The maximum atomic E-state index is 4.54. The van der Waals surface area contributed by atoms with E-state index in [2.05, 4.69) is 36.5 Å². The summed E-state index contributed by atoms with van der Waals surface area (Å²) in [5, 5.41) is 7.01. The first-order valence-electron chi connectivity index (χ1n) is 5.98. The van der Waals surface area contributed by atoms with Crippen LogP contribution in [0, 0.1) is 6.92 Å². The van der Waals surface area contributed by atoms with Gasteiger partial charge in [0.1, 0.15) is 0 Å². The Morgan fingerprint density at radius 3 is 2.88 bits per heavy atom. The molecule has 0 aliphatic carbocycles. The number of aryl methyl sites for hydroxylation is 1. The number of thiazole rings is 1. The van der Waals surface area contributed by atoms with Crippen LogP contribution in [0.1, 0.15) is 31.0 Å². The summed E-state index contributed by atoms with van der Waals surface area (Å²) in [6.07, 6.45) is 2.27. The normalized spacial score (nSPS) is 12.9. The van der Waals surface area contributed by atoms with Gasteiger partial charge in [-0.25, -0.2) is 4.98 Å². The van der Waals surface area contributed by atoms with Gasteiger partial charge in [0.25, 0.3) is 0 Å². The van der Waals surface area contributed by atoms with E-state index < -0.39 is 0 Å². The summed E-state index contributed by atoms with van der Waals surface area (Å²) in [6.45, 7) is 7.61. The summed E-state index contributed by atoms with van der Waals surface area (Å²) in [5.41, 5.74) is 1.15. The highest BCUT2D eigenvalue weighted by Gasteiger charge is 2.10. The van der Waals surface area contributed by atoms with Crippen molar-refractivity contribution in [1.29, 1.82) is 0 Å². The molecule has 0 bridgehead atoms. The number of nitrogens with one attached hydrogen (secondary N) is 1. The number of hydrogen-bond donors (Lipinski definition) is 1. The molecule has 1 rings (SSSR count). The monoisotopic (exact) mass is 258 g/mol. The van der Waals surface area contributed by atoms with Crippen LogP contribution < -0.4 is 5.32 Å². The van der Waals surface area contributed by atoms with E-state index in [4.69, 9.17) is 0 Å². The predicted octanol–water partition coefficient (Wildman–Crippen LogP) is 3.12. The Bertz CT molecular complexity index is 278. The number of aromatic nitrogens is 1. The lowest BCUT2D eigenvalue weighted by atomic mass is 10.2. The first kappa shape index (κ1) is 14.0. The van der Waals surface area contributed by atoms with Crippen LogP contribution in [0.5, 0.6) is 0 Å². The van der Waals surface area contributed by atoms with Crippen LogP contribution in [-0.2, 0) is 6.42 Å². The fourth-order valence-electron chi connectivity index (χ4n) is 1.51. The maximum Gasteiger partial charge on any atom is 0.0943 e. The molecule has 0 fully saturated rings. The van der Waals surface area contributed by atoms with Crippen molar-refractivity contribution < 1.29 is 0 Å². The maximum absolute atomic E-state index is 4.54. The van der Waals surface area contributed by atoms with Gasteiger partial charge >= 0.3 is 0 Å². The Hall–Kier alpha value is -0.0600. The van der Waals surface area contributed by atoms with Crippen molar-refractivity contribution in [2.45, 2.75) is 39.7 Å². The van der Waals surface area contributed by atoms with Crippen molar-refractivity contribution in [3.05, 3.63) is 16.1 Å². The van der Waals surface area contributed by atoms with Gasteiger partial charge in [-0.3, -0.25) is 0 Å². The first-order chi connectivity index (χ1) is 7.76. The van der Waals surface area contributed by atoms with Crippen LogP contribution in [0.15, 0.2) is 5.38 Å². The number of thioether (sulfide) groups is 1. The highest BCUT2D eigenvalue weighted by Crippen LogP contribution is 2.13. The van der Waals surface area contributed by atoms with E-state index in [1.165, 1.54) is 22.9 Å². The van der Waals surface area contributed by atoms with Crippen molar-refractivity contribution in [1.82, 2.24) is 10.3 Å². The van der Waals surface area contributed by atoms with Crippen LogP contribution in [0.4, 0.5) is 0 Å². The molecule has 0 amide bonds. The molecule has 0 saturated carbocycles. The number of nitrogens with zero attached hydrogens (tertiary/aromatic N) is 1. The van der Waals surface area contributed by atoms with E-state index in [-0.39, 0.29) is 0 Å². The third kappa shape index (κ3) is 5.32. The third-order valence-corrected chi connectivity index (χ3v) is 4.33. The lowest BCUT2D eigenvalue weighted by Crippen LogP contribution is -2.34. The highest BCUT2D eigenvalue weighted by molar-refractivity contribution is 7.99. The lowest BCUT2D eigenvalue weighted by molar-refractivity contribution is 0.549. The molecule has 1 N–H and O–H groups in total. The summed E-state index contributed by atoms with van der Waals surface area (Å²) >= 11 is 3.79. The molecule has 4 heteroatoms. The zero-order chi connectivity index (χ0) is 11.8. The Morgan fingerprint density at radius 2 is 2.31 bits per heavy atom. The molecule has 0 aliphatic rings. The molecule has 1 aromatic heterocycles. The van der Waals surface area contributed by atoms with Crippen molar-refractivity contribution in [2.75, 3.05) is 18.1 Å². The second kappa shape index (κ2) is 8.09. The topological polar surface area (TPSA) is 24.9 Å². The summed E-state index contributed by atoms with van der Waals surface area (Å²) in [4.78, 5) is 4.54. The predicted molar refractivity (Wildman–Crippen MR) is 75.6 cm³/mol. The molecule has 1 aromatic rings. The zero-order valence-electron chi connectivity index (χ0n) is 10.5. The molecule has 2 nitrogen and oxygen atoms in total. The average molecular weight is 258 g/mol. The molecule has 92 valence electrons. The van der Waals surface area contributed by atoms with Crippen LogP contribution in [-0.4, -0.2) is 29.1 Å². The Labute approximate surface area is 107 Å². The van der Waals surface area contributed by atoms with Gasteiger partial charge in [0.15, 0.2) is 0 Å². The second-order valence-electron chi connectivity index (χ2n) is 3.90. The van der Waals surface area contributed by atoms with E-state index in [0.29, 0.717) is 6.04 Å². The van der Waals surface area contributed by atoms with Gasteiger partial charge in [-0.15, -0.1) is 11.3 Å². The van der Waals surface area contributed by atoms with Crippen LogP contribution >= 0.6 is 23.1 Å². The molecule has 1 unspecified atom stereocenters. The van der Waals surface area contributed by atoms with Gasteiger partial charge in [-0.2, -0.15) is 11.8 Å². The molecule has 1 atom stereocenters. The minimum Gasteiger partial charge on any atom is -0.313 e. The molecular formula is C12H22N2S2. The summed E-state index contributed by atoms with van der Waals surface area (Å²) < 4.78 is 0. The molecule has 0 saturated heterocycles. The fraction of sp³-hybridized carbons (Fsp3) is 0.750. The molecule has 0 aliphatic heterocycles. The minimum atomic E-state index is 0.579. The van der Waals surface area contributed by atoms with Crippen molar-refractivity contribution in [3.63, 3.8) is 0 Å². The van der Waals surface area contributed by atoms with Gasteiger partial charge in [0.05, 0.1) is 5.01 Å². The first-order valence-corrected chi connectivity index (χ1v) is 8.01. The number of hydrogen-bond acceptors (Lipinski definition) is 4. The van der Waals surface area contributed by atoms with E-state index in [1.807, 2.05) is 11.8 Å². The van der Waals surface area contributed by atoms with Crippen molar-refractivity contribution in [3.8, 4) is 0 Å². The Kier molecular flexibility index (Phi) is 7.08. The van der Waals surface area contributed by atoms with Gasteiger partial charge in [-0.1, -0.05) is 13.8 Å². The quantitative estimate of drug-likeness (QED) is 0.775. The lowest BCUT2D eigenvalue weighted by Gasteiger charge is -2.16. The SMILES string of the molecule is CCCNC(CSCC)Cc1nc(C)cs1. The van der Waals surface area contributed by atoms with E-state index in [0.717, 1.165) is 18.7 Å². The summed E-state index contributed by atoms with van der Waals surface area (Å²) in [7, 11) is 0. The molecule has 1 heterocycles. The van der Waals surface area contributed by atoms with Gasteiger partial charge in [-0.05, 0) is 25.6 Å². The zero-order valence-corrected chi connectivity index (χ0v) is 12.1. The average Bonchev–Trinajstić information content (AvgIpc) is 2.68. The molecule has 16 heavy (non-hydrogen) atoms. The molecular weight excluding hydrogens is 236 g/mol. The summed E-state index contributed by atoms with van der Waals surface area (Å²) in [5.74, 6) is 2.39. The Balaban J connectivity index is 2.41. The van der Waals surface area contributed by atoms with Crippen LogP contribution in [0.2, 0.25) is 0 Å². The minimum absolute atomic E-state index is 0.579. The largest absolute Gasteiger partial charge is 0.313 e. The van der Waals surface area contributed by atoms with E-state index in [9.17, 15) is 0 Å². The van der Waals surface area contributed by atoms with Crippen LogP contribution in [0.3, 0.4) is 0 Å². The third-order valence-electron chi connectivity index (χ3n) is 2.29. The van der Waals surface area contributed by atoms with E-state index in [1.54, 1.807) is 11.3 Å². The fourth-order valence-corrected chi connectivity index (χ4v) is 3.12.